The van der Waals surface area contributed by atoms with Crippen LogP contribution in [0.1, 0.15) is 12.0 Å². The van der Waals surface area contributed by atoms with Gasteiger partial charge in [-0.3, -0.25) is 4.99 Å². The minimum Gasteiger partial charge on any atom is -0.445 e. The third kappa shape index (κ3) is 3.08. The molecule has 0 radical (unpaired) electrons. The number of benzene rings is 1. The van der Waals surface area contributed by atoms with E-state index in [1.807, 2.05) is 36.5 Å². The second kappa shape index (κ2) is 5.30. The van der Waals surface area contributed by atoms with Crippen molar-refractivity contribution in [1.82, 2.24) is 5.32 Å². The summed E-state index contributed by atoms with van der Waals surface area (Å²) >= 11 is 0. The number of rotatable bonds is 3. The quantitative estimate of drug-likeness (QED) is 0.840. The summed E-state index contributed by atoms with van der Waals surface area (Å²) in [6, 6.07) is 9.71. The second-order valence-corrected chi connectivity index (χ2v) is 3.69. The summed E-state index contributed by atoms with van der Waals surface area (Å²) in [7, 11) is 0. The van der Waals surface area contributed by atoms with E-state index in [0.717, 1.165) is 12.0 Å². The Morgan fingerprint density at radius 3 is 2.94 bits per heavy atom. The Kier molecular flexibility index (Phi) is 3.53. The number of amides is 1. The monoisotopic (exact) mass is 218 g/mol. The molecule has 84 valence electrons. The summed E-state index contributed by atoms with van der Waals surface area (Å²) in [6.45, 7) is 0.959. The van der Waals surface area contributed by atoms with E-state index in [1.54, 1.807) is 0 Å². The van der Waals surface area contributed by atoms with E-state index in [1.165, 1.54) is 0 Å². The first-order valence-electron chi connectivity index (χ1n) is 5.30. The fraction of sp³-hybridized carbons (Fsp3) is 0.333. The molecule has 1 aliphatic rings. The largest absolute Gasteiger partial charge is 0.445 e. The number of carbonyl (C=O) groups excluding carboxylic acids is 1. The van der Waals surface area contributed by atoms with Gasteiger partial charge in [0.1, 0.15) is 6.61 Å². The standard InChI is InChI=1S/C12H14N2O2/c15-12(14-11-6-7-13-8-11)16-9-10-4-2-1-3-5-10/h1-5,7,11H,6,8-9H2,(H,14,15). The van der Waals surface area contributed by atoms with E-state index in [-0.39, 0.29) is 12.1 Å². The van der Waals surface area contributed by atoms with Crippen molar-refractivity contribution >= 4 is 12.3 Å². The van der Waals surface area contributed by atoms with Crippen LogP contribution in [0.25, 0.3) is 0 Å². The van der Waals surface area contributed by atoms with Crippen molar-refractivity contribution in [2.45, 2.75) is 19.1 Å². The highest BCUT2D eigenvalue weighted by Crippen LogP contribution is 2.02. The van der Waals surface area contributed by atoms with Crippen molar-refractivity contribution in [2.24, 2.45) is 4.99 Å². The summed E-state index contributed by atoms with van der Waals surface area (Å²) in [4.78, 5) is 15.4. The fourth-order valence-electron chi connectivity index (χ4n) is 1.51. The highest BCUT2D eigenvalue weighted by atomic mass is 16.5. The lowest BCUT2D eigenvalue weighted by atomic mass is 10.2. The van der Waals surface area contributed by atoms with Gasteiger partial charge in [-0.1, -0.05) is 30.3 Å². The summed E-state index contributed by atoms with van der Waals surface area (Å²) < 4.78 is 5.08. The number of hydrogen-bond acceptors (Lipinski definition) is 3. The number of ether oxygens (including phenoxy) is 1. The van der Waals surface area contributed by atoms with Gasteiger partial charge in [0.15, 0.2) is 0 Å². The molecule has 0 saturated heterocycles. The highest BCUT2D eigenvalue weighted by Gasteiger charge is 2.14. The molecule has 1 amide bonds. The van der Waals surface area contributed by atoms with Crippen LogP contribution in [0.4, 0.5) is 4.79 Å². The van der Waals surface area contributed by atoms with Crippen LogP contribution in [0.3, 0.4) is 0 Å². The molecular weight excluding hydrogens is 204 g/mol. The summed E-state index contributed by atoms with van der Waals surface area (Å²) in [5.41, 5.74) is 0.986. The zero-order chi connectivity index (χ0) is 11.2. The predicted octanol–water partition coefficient (Wildman–Crippen LogP) is 1.76. The van der Waals surface area contributed by atoms with Crippen LogP contribution >= 0.6 is 0 Å². The van der Waals surface area contributed by atoms with Gasteiger partial charge in [-0.15, -0.1) is 0 Å². The SMILES string of the molecule is O=C(NC1CC=NC1)OCc1ccccc1. The maximum absolute atomic E-state index is 11.4. The normalized spacial score (nSPS) is 18.4. The Bertz CT molecular complexity index is 368. The molecule has 0 aliphatic carbocycles. The van der Waals surface area contributed by atoms with Gasteiger partial charge >= 0.3 is 6.09 Å². The molecule has 1 unspecified atom stereocenters. The maximum Gasteiger partial charge on any atom is 0.407 e. The van der Waals surface area contributed by atoms with Gasteiger partial charge in [0.25, 0.3) is 0 Å². The van der Waals surface area contributed by atoms with Gasteiger partial charge in [-0.25, -0.2) is 4.79 Å². The molecule has 0 fully saturated rings. The Morgan fingerprint density at radius 1 is 1.44 bits per heavy atom. The van der Waals surface area contributed by atoms with Crippen LogP contribution in [-0.4, -0.2) is 24.9 Å². The topological polar surface area (TPSA) is 50.7 Å². The van der Waals surface area contributed by atoms with Crippen LogP contribution in [0.15, 0.2) is 35.3 Å². The number of nitrogens with one attached hydrogen (secondary N) is 1. The molecule has 0 aromatic heterocycles. The molecule has 16 heavy (non-hydrogen) atoms. The van der Waals surface area contributed by atoms with Crippen molar-refractivity contribution in [3.63, 3.8) is 0 Å². The lowest BCUT2D eigenvalue weighted by molar-refractivity contribution is 0.136. The Hall–Kier alpha value is -1.84. The van der Waals surface area contributed by atoms with E-state index in [2.05, 4.69) is 10.3 Å². The van der Waals surface area contributed by atoms with Crippen molar-refractivity contribution < 1.29 is 9.53 Å². The molecule has 4 nitrogen and oxygen atoms in total. The molecule has 1 N–H and O–H groups in total. The first kappa shape index (κ1) is 10.7. The van der Waals surface area contributed by atoms with Gasteiger partial charge < -0.3 is 10.1 Å². The molecule has 0 bridgehead atoms. The maximum atomic E-state index is 11.4. The Balaban J connectivity index is 1.71. The van der Waals surface area contributed by atoms with Crippen LogP contribution in [-0.2, 0) is 11.3 Å². The summed E-state index contributed by atoms with van der Waals surface area (Å²) in [5, 5.41) is 2.76. The first-order valence-corrected chi connectivity index (χ1v) is 5.30. The van der Waals surface area contributed by atoms with E-state index >= 15 is 0 Å². The second-order valence-electron chi connectivity index (χ2n) is 3.69. The molecule has 0 spiro atoms. The zero-order valence-corrected chi connectivity index (χ0v) is 8.93. The number of aliphatic imine (C=N–C) groups is 1. The van der Waals surface area contributed by atoms with Crippen LogP contribution in [0.2, 0.25) is 0 Å². The van der Waals surface area contributed by atoms with Crippen molar-refractivity contribution in [3.05, 3.63) is 35.9 Å². The highest BCUT2D eigenvalue weighted by molar-refractivity contribution is 5.69. The molecule has 1 aromatic carbocycles. The third-order valence-electron chi connectivity index (χ3n) is 2.38. The minimum absolute atomic E-state index is 0.100. The molecule has 0 saturated carbocycles. The zero-order valence-electron chi connectivity index (χ0n) is 8.93. The van der Waals surface area contributed by atoms with E-state index in [0.29, 0.717) is 13.2 Å². The number of hydrogen-bond donors (Lipinski definition) is 1. The molecule has 2 rings (SSSR count). The average Bonchev–Trinajstić information content (AvgIpc) is 2.81. The first-order chi connectivity index (χ1) is 7.84. The van der Waals surface area contributed by atoms with Gasteiger partial charge in [0.05, 0.1) is 12.6 Å². The molecule has 1 heterocycles. The molecule has 1 aromatic rings. The number of nitrogens with zero attached hydrogens (tertiary/aromatic N) is 1. The predicted molar refractivity (Wildman–Crippen MR) is 61.5 cm³/mol. The van der Waals surface area contributed by atoms with Gasteiger partial charge in [-0.2, -0.15) is 0 Å². The number of carbonyl (C=O) groups is 1. The average molecular weight is 218 g/mol. The van der Waals surface area contributed by atoms with Crippen molar-refractivity contribution in [1.29, 1.82) is 0 Å². The molecule has 1 aliphatic heterocycles. The minimum atomic E-state index is -0.376. The van der Waals surface area contributed by atoms with Crippen LogP contribution in [0, 0.1) is 0 Å². The molecule has 1 atom stereocenters. The lowest BCUT2D eigenvalue weighted by Gasteiger charge is -2.11. The van der Waals surface area contributed by atoms with Crippen LogP contribution in [0.5, 0.6) is 0 Å². The van der Waals surface area contributed by atoms with Crippen LogP contribution < -0.4 is 5.32 Å². The van der Waals surface area contributed by atoms with Gasteiger partial charge in [-0.05, 0) is 5.56 Å². The Morgan fingerprint density at radius 2 is 2.25 bits per heavy atom. The van der Waals surface area contributed by atoms with Crippen molar-refractivity contribution in [2.75, 3.05) is 6.54 Å². The van der Waals surface area contributed by atoms with E-state index < -0.39 is 0 Å². The summed E-state index contributed by atoms with van der Waals surface area (Å²) in [5.74, 6) is 0. The Labute approximate surface area is 94.3 Å². The van der Waals surface area contributed by atoms with Gasteiger partial charge in [0.2, 0.25) is 0 Å². The smallest absolute Gasteiger partial charge is 0.407 e. The van der Waals surface area contributed by atoms with E-state index in [9.17, 15) is 4.79 Å². The molecule has 4 heteroatoms. The fourth-order valence-corrected chi connectivity index (χ4v) is 1.51. The molecular formula is C12H14N2O2. The van der Waals surface area contributed by atoms with Gasteiger partial charge in [0, 0.05) is 12.6 Å². The third-order valence-corrected chi connectivity index (χ3v) is 2.38. The van der Waals surface area contributed by atoms with E-state index in [4.69, 9.17) is 4.74 Å². The lowest BCUT2D eigenvalue weighted by Crippen LogP contribution is -2.35. The number of alkyl carbamates (subject to hydrolysis) is 1. The summed E-state index contributed by atoms with van der Waals surface area (Å²) in [6.07, 6.45) is 2.24. The van der Waals surface area contributed by atoms with Crippen molar-refractivity contribution in [3.8, 4) is 0 Å².